The number of rotatable bonds is 14. The van der Waals surface area contributed by atoms with Crippen LogP contribution in [0.5, 0.6) is 0 Å². The summed E-state index contributed by atoms with van der Waals surface area (Å²) in [6.07, 6.45) is -1.73. The lowest BCUT2D eigenvalue weighted by molar-refractivity contribution is -0.173. The maximum absolute atomic E-state index is 11.8. The largest absolute Gasteiger partial charge is 0.480 e. The molecule has 4 fully saturated rings. The van der Waals surface area contributed by atoms with Crippen molar-refractivity contribution in [2.24, 2.45) is 5.73 Å². The van der Waals surface area contributed by atoms with E-state index in [0.717, 1.165) is 18.7 Å². The number of amides is 5. The van der Waals surface area contributed by atoms with E-state index in [9.17, 15) is 65.9 Å². The highest BCUT2D eigenvalue weighted by atomic mass is 19.4. The van der Waals surface area contributed by atoms with Crippen LogP contribution in [0.4, 0.5) is 32.3 Å². The molecule has 384 valence electrons. The van der Waals surface area contributed by atoms with E-state index in [4.69, 9.17) is 16.3 Å². The van der Waals surface area contributed by atoms with Gasteiger partial charge in [0.15, 0.2) is 0 Å². The van der Waals surface area contributed by atoms with Gasteiger partial charge in [0, 0.05) is 19.4 Å². The van der Waals surface area contributed by atoms with Crippen molar-refractivity contribution in [3.8, 4) is 36.0 Å². The molecule has 25 nitrogen and oxygen atoms in total. The topological polar surface area (TPSA) is 384 Å². The number of alkyl carbamates (subject to hydrolysis) is 4. The van der Waals surface area contributed by atoms with Crippen LogP contribution in [0.2, 0.25) is 0 Å². The van der Waals surface area contributed by atoms with Gasteiger partial charge in [-0.1, -0.05) is 50.1 Å². The first-order chi connectivity index (χ1) is 32.6. The molecule has 5 rings (SSSR count). The van der Waals surface area contributed by atoms with Gasteiger partial charge in [0.05, 0.1) is 6.54 Å². The number of unbranched alkanes of at least 4 members (excludes halogenated alkanes) is 1. The summed E-state index contributed by atoms with van der Waals surface area (Å²) in [4.78, 5) is 116. The number of hydrogen-bond acceptors (Lipinski definition) is 18. The molecular formula is C42H52F3N7O18. The maximum Gasteiger partial charge on any atom is 0.471 e. The summed E-state index contributed by atoms with van der Waals surface area (Å²) in [6.45, 7) is 7.72. The van der Waals surface area contributed by atoms with Crippen LogP contribution in [0.1, 0.15) is 64.9 Å². The zero-order valence-electron chi connectivity index (χ0n) is 37.7. The molecule has 0 radical (unpaired) electrons. The first-order valence-electron chi connectivity index (χ1n) is 20.3. The zero-order valence-corrected chi connectivity index (χ0v) is 37.7. The highest BCUT2D eigenvalue weighted by Gasteiger charge is 2.38. The normalized spacial score (nSPS) is 17.6. The number of aliphatic carboxylic acids is 1. The van der Waals surface area contributed by atoms with E-state index in [2.05, 4.69) is 94.7 Å². The predicted octanol–water partition coefficient (Wildman–Crippen LogP) is -0.271. The maximum atomic E-state index is 11.8. The number of nitrogens with two attached hydrogens (primary N) is 1. The Hall–Kier alpha value is -8.26. The van der Waals surface area contributed by atoms with E-state index >= 15 is 0 Å². The van der Waals surface area contributed by atoms with E-state index in [0.29, 0.717) is 6.42 Å². The van der Waals surface area contributed by atoms with E-state index in [1.165, 1.54) is 0 Å². The number of carboxylic acid groups (broad SMARTS) is 1. The molecule has 0 saturated carbocycles. The number of carbonyl (C=O) groups is 11. The number of carboxylic acids is 1. The van der Waals surface area contributed by atoms with Gasteiger partial charge in [0.1, 0.15) is 30.8 Å². The number of halogens is 3. The SMILES string of the molecule is C#CC#CC#CC[C@H]1NC(=O)OC1=O.CCNCC.C[C@H]1NC(=O)OC1=O.NCC(=O)O.O.O=C(CC[C@H]1NC(=O)OC1=O)OCc1ccccc1.O=C1N[C@H](CCCCNC(=O)C(F)(F)F)C(=O)O1. The van der Waals surface area contributed by atoms with Crippen LogP contribution >= 0.6 is 0 Å². The van der Waals surface area contributed by atoms with Crippen LogP contribution < -0.4 is 37.6 Å². The quantitative estimate of drug-likeness (QED) is 0.0391. The molecule has 4 aliphatic rings. The van der Waals surface area contributed by atoms with Crippen molar-refractivity contribution in [2.45, 2.75) is 96.2 Å². The molecule has 4 atom stereocenters. The van der Waals surface area contributed by atoms with Gasteiger partial charge < -0.3 is 71.9 Å². The minimum atomic E-state index is -4.89. The smallest absolute Gasteiger partial charge is 0.471 e. The van der Waals surface area contributed by atoms with Crippen molar-refractivity contribution in [3.63, 3.8) is 0 Å². The standard InChI is InChI=1S/C13H13NO5.C10H5NO3.C9H11F3N2O4.C4H5NO3.C4H11N.C2H5NO2.H2O/c15-11(18-8-9-4-2-1-3-5-9)7-6-10-12(16)19-13(17)14-10;1-2-3-4-5-6-7-8-9(12)14-10(13)11-8;10-9(11,12)7(16)13-4-2-1-3-5-6(15)18-8(17)14-5;1-2-3(6)8-4(7)5-2;1-3-5-4-2;3-1-2(4)5;/h1-5,10H,6-8H2,(H,14,17);1,8H,7H2,(H,11,13);5H,1-4H2,(H,13,16)(H,14,17);2H,1H3,(H,5,7);5H,3-4H2,1-2H3;1,3H2,(H,4,5);1H2/t10-;8-;5-;2-;;;/m1111.../s1. The van der Waals surface area contributed by atoms with Crippen LogP contribution in [0.15, 0.2) is 30.3 Å². The van der Waals surface area contributed by atoms with E-state index in [1.807, 2.05) is 30.3 Å². The molecule has 4 aliphatic heterocycles. The number of hydrogen-bond donors (Lipinski definition) is 8. The molecule has 4 saturated heterocycles. The summed E-state index contributed by atoms with van der Waals surface area (Å²) in [5.74, 6) is 5.92. The van der Waals surface area contributed by atoms with E-state index in [-0.39, 0.29) is 57.3 Å². The lowest BCUT2D eigenvalue weighted by atomic mass is 10.1. The Bertz CT molecular complexity index is 2130. The number of cyclic esters (lactones) is 8. The third-order valence-electron chi connectivity index (χ3n) is 7.80. The number of carbonyl (C=O) groups excluding carboxylic acids is 10. The summed E-state index contributed by atoms with van der Waals surface area (Å²) >= 11 is 0. The van der Waals surface area contributed by atoms with Gasteiger partial charge in [-0.05, 0) is 74.9 Å². The zero-order chi connectivity index (χ0) is 52.4. The first kappa shape index (κ1) is 63.8. The average Bonchev–Trinajstić information content (AvgIpc) is 4.01. The molecule has 5 amide bonds. The van der Waals surface area contributed by atoms with Crippen LogP contribution in [0.3, 0.4) is 0 Å². The lowest BCUT2D eigenvalue weighted by Crippen LogP contribution is -2.37. The number of benzene rings is 1. The number of ether oxygens (including phenoxy) is 5. The molecule has 0 aromatic heterocycles. The second-order valence-electron chi connectivity index (χ2n) is 13.2. The summed E-state index contributed by atoms with van der Waals surface area (Å²) in [5.41, 5.74) is 5.46. The van der Waals surface area contributed by atoms with Crippen molar-refractivity contribution < 1.29 is 100 Å². The van der Waals surface area contributed by atoms with Crippen LogP contribution in [-0.4, -0.2) is 133 Å². The molecule has 0 aliphatic carbocycles. The number of nitrogens with one attached hydrogen (secondary N) is 6. The van der Waals surface area contributed by atoms with Crippen molar-refractivity contribution in [1.29, 1.82) is 0 Å². The summed E-state index contributed by atoms with van der Waals surface area (Å²) in [7, 11) is 0. The Morgan fingerprint density at radius 3 is 1.63 bits per heavy atom. The third kappa shape index (κ3) is 30.1. The fourth-order valence-corrected chi connectivity index (χ4v) is 4.50. The molecule has 28 heteroatoms. The Labute approximate surface area is 397 Å². The number of terminal acetylenes is 1. The van der Waals surface area contributed by atoms with E-state index in [1.54, 1.807) is 12.2 Å². The third-order valence-corrected chi connectivity index (χ3v) is 7.80. The molecule has 70 heavy (non-hydrogen) atoms. The van der Waals surface area contributed by atoms with Gasteiger partial charge in [0.2, 0.25) is 0 Å². The molecule has 11 N–H and O–H groups in total. The Kier molecular flexibility index (Phi) is 32.7. The molecule has 0 bridgehead atoms. The molecule has 0 unspecified atom stereocenters. The molecule has 1 aromatic carbocycles. The van der Waals surface area contributed by atoms with Crippen LogP contribution in [-0.2, 0) is 63.9 Å². The molecule has 1 aromatic rings. The van der Waals surface area contributed by atoms with Crippen LogP contribution in [0.25, 0.3) is 0 Å². The second kappa shape index (κ2) is 35.9. The van der Waals surface area contributed by atoms with E-state index < -0.39 is 96.4 Å². The number of alkyl halides is 3. The Balaban J connectivity index is 0. The fraction of sp³-hybridized carbons (Fsp3) is 0.452. The van der Waals surface area contributed by atoms with Crippen molar-refractivity contribution >= 4 is 66.1 Å². The number of esters is 5. The Morgan fingerprint density at radius 1 is 0.757 bits per heavy atom. The van der Waals surface area contributed by atoms with Crippen LogP contribution in [0, 0.1) is 36.0 Å². The molecular weight excluding hydrogens is 947 g/mol. The molecule has 0 spiro atoms. The van der Waals surface area contributed by atoms with Gasteiger partial charge in [-0.3, -0.25) is 14.4 Å². The van der Waals surface area contributed by atoms with Gasteiger partial charge >= 0.3 is 72.3 Å². The van der Waals surface area contributed by atoms with Crippen molar-refractivity contribution in [2.75, 3.05) is 26.2 Å². The van der Waals surface area contributed by atoms with Gasteiger partial charge in [-0.2, -0.15) is 13.2 Å². The van der Waals surface area contributed by atoms with Crippen molar-refractivity contribution in [3.05, 3.63) is 35.9 Å². The second-order valence-corrected chi connectivity index (χ2v) is 13.2. The summed E-state index contributed by atoms with van der Waals surface area (Å²) in [6, 6.07) is 6.61. The highest BCUT2D eigenvalue weighted by molar-refractivity contribution is 5.97. The average molecular weight is 1000 g/mol. The lowest BCUT2D eigenvalue weighted by Gasteiger charge is -2.08. The Morgan fingerprint density at radius 2 is 1.24 bits per heavy atom. The minimum Gasteiger partial charge on any atom is -0.480 e. The summed E-state index contributed by atoms with van der Waals surface area (Å²) in [5, 5.41) is 21.5. The van der Waals surface area contributed by atoms with Gasteiger partial charge in [-0.25, -0.2) is 38.4 Å². The summed E-state index contributed by atoms with van der Waals surface area (Å²) < 4.78 is 57.2. The highest BCUT2D eigenvalue weighted by Crippen LogP contribution is 2.14. The minimum absolute atomic E-state index is 0. The fourth-order valence-electron chi connectivity index (χ4n) is 4.50. The van der Waals surface area contributed by atoms with Crippen molar-refractivity contribution in [1.82, 2.24) is 31.9 Å². The van der Waals surface area contributed by atoms with Gasteiger partial charge in [-0.15, -0.1) is 6.42 Å². The monoisotopic (exact) mass is 999 g/mol. The molecule has 4 heterocycles. The predicted molar refractivity (Wildman–Crippen MR) is 231 cm³/mol. The van der Waals surface area contributed by atoms with Gasteiger partial charge in [0.25, 0.3) is 0 Å². The first-order valence-corrected chi connectivity index (χ1v) is 20.3.